The molecule has 1 aliphatic heterocycles. The summed E-state index contributed by atoms with van der Waals surface area (Å²) in [6.45, 7) is 3.56. The predicted molar refractivity (Wildman–Crippen MR) is 98.2 cm³/mol. The van der Waals surface area contributed by atoms with Gasteiger partial charge in [-0.1, -0.05) is 35.9 Å². The van der Waals surface area contributed by atoms with Crippen molar-refractivity contribution in [2.45, 2.75) is 26.0 Å². The Bertz CT molecular complexity index is 776. The highest BCUT2D eigenvalue weighted by molar-refractivity contribution is 6.14. The number of aliphatic hydroxyl groups excluding tert-OH is 1. The number of ether oxygens (including phenoxy) is 1. The summed E-state index contributed by atoms with van der Waals surface area (Å²) in [5.41, 5.74) is 1.77. The number of urea groups is 1. The number of amides is 3. The zero-order valence-electron chi connectivity index (χ0n) is 14.8. The first-order valence-corrected chi connectivity index (χ1v) is 8.54. The van der Waals surface area contributed by atoms with Crippen molar-refractivity contribution in [3.05, 3.63) is 60.2 Å². The first kappa shape index (κ1) is 17.9. The Labute approximate surface area is 152 Å². The molecule has 6 nitrogen and oxygen atoms in total. The summed E-state index contributed by atoms with van der Waals surface area (Å²) >= 11 is 0. The van der Waals surface area contributed by atoms with Crippen molar-refractivity contribution in [2.75, 3.05) is 18.1 Å². The van der Waals surface area contributed by atoms with Gasteiger partial charge in [0.25, 0.3) is 5.91 Å². The molecule has 1 saturated heterocycles. The van der Waals surface area contributed by atoms with Gasteiger partial charge in [0.1, 0.15) is 24.5 Å². The lowest BCUT2D eigenvalue weighted by atomic mass is 10.2. The van der Waals surface area contributed by atoms with Crippen molar-refractivity contribution in [1.29, 1.82) is 0 Å². The quantitative estimate of drug-likeness (QED) is 0.810. The van der Waals surface area contributed by atoms with Gasteiger partial charge in [0.05, 0.1) is 6.54 Å². The molecule has 6 heteroatoms. The minimum atomic E-state index is -0.966. The lowest BCUT2D eigenvalue weighted by molar-refractivity contribution is -0.128. The van der Waals surface area contributed by atoms with Crippen molar-refractivity contribution < 1.29 is 19.4 Å². The van der Waals surface area contributed by atoms with Crippen LogP contribution in [0.25, 0.3) is 0 Å². The van der Waals surface area contributed by atoms with Crippen LogP contribution < -0.4 is 9.64 Å². The van der Waals surface area contributed by atoms with Gasteiger partial charge in [-0.25, -0.2) is 4.79 Å². The van der Waals surface area contributed by atoms with Gasteiger partial charge in [-0.15, -0.1) is 0 Å². The van der Waals surface area contributed by atoms with E-state index in [1.54, 1.807) is 19.1 Å². The zero-order chi connectivity index (χ0) is 18.7. The summed E-state index contributed by atoms with van der Waals surface area (Å²) in [6, 6.07) is 15.5. The molecule has 0 bridgehead atoms. The fourth-order valence-corrected chi connectivity index (χ4v) is 2.91. The molecule has 1 fully saturated rings. The Morgan fingerprint density at radius 1 is 1.08 bits per heavy atom. The number of aryl methyl sites for hydroxylation is 1. The Morgan fingerprint density at radius 3 is 2.38 bits per heavy atom. The Kier molecular flexibility index (Phi) is 5.23. The number of anilines is 1. The van der Waals surface area contributed by atoms with E-state index in [4.69, 9.17) is 4.74 Å². The number of β-amino-alcohol motifs (C(OH)–C–C–N with tert-alkyl or cyclic N) is 1. The average Bonchev–Trinajstić information content (AvgIpc) is 2.85. The highest BCUT2D eigenvalue weighted by atomic mass is 16.5. The van der Waals surface area contributed by atoms with E-state index in [1.807, 2.05) is 49.4 Å². The molecule has 1 aliphatic rings. The highest BCUT2D eigenvalue weighted by Gasteiger charge is 2.43. The third-order valence-electron chi connectivity index (χ3n) is 4.34. The molecule has 136 valence electrons. The molecule has 26 heavy (non-hydrogen) atoms. The van der Waals surface area contributed by atoms with Crippen LogP contribution in [-0.2, 0) is 4.79 Å². The fraction of sp³-hybridized carbons (Fsp3) is 0.300. The van der Waals surface area contributed by atoms with Crippen LogP contribution in [0.3, 0.4) is 0 Å². The fourth-order valence-electron chi connectivity index (χ4n) is 2.91. The van der Waals surface area contributed by atoms with Gasteiger partial charge in [0.2, 0.25) is 0 Å². The van der Waals surface area contributed by atoms with Gasteiger partial charge < -0.3 is 9.84 Å². The van der Waals surface area contributed by atoms with E-state index in [1.165, 1.54) is 4.90 Å². The van der Waals surface area contributed by atoms with E-state index in [0.29, 0.717) is 11.4 Å². The molecule has 2 aromatic rings. The maximum absolute atomic E-state index is 12.7. The van der Waals surface area contributed by atoms with Crippen LogP contribution in [0.4, 0.5) is 10.5 Å². The first-order valence-electron chi connectivity index (χ1n) is 8.54. The van der Waals surface area contributed by atoms with Gasteiger partial charge in [-0.3, -0.25) is 14.6 Å². The Hall–Kier alpha value is -2.86. The van der Waals surface area contributed by atoms with E-state index in [-0.39, 0.29) is 19.1 Å². The molecular formula is C20H22N2O4. The van der Waals surface area contributed by atoms with Crippen molar-refractivity contribution in [3.63, 3.8) is 0 Å². The van der Waals surface area contributed by atoms with Crippen molar-refractivity contribution >= 4 is 17.6 Å². The van der Waals surface area contributed by atoms with E-state index >= 15 is 0 Å². The summed E-state index contributed by atoms with van der Waals surface area (Å²) in [6.07, 6.45) is -0.966. The summed E-state index contributed by atoms with van der Waals surface area (Å²) < 4.78 is 5.53. The predicted octanol–water partition coefficient (Wildman–Crippen LogP) is 2.59. The van der Waals surface area contributed by atoms with Crippen LogP contribution in [0.1, 0.15) is 12.5 Å². The van der Waals surface area contributed by atoms with E-state index < -0.39 is 18.2 Å². The van der Waals surface area contributed by atoms with Crippen LogP contribution in [0.2, 0.25) is 0 Å². The Balaban J connectivity index is 1.62. The number of carbonyl (C=O) groups excluding carboxylic acids is 2. The van der Waals surface area contributed by atoms with Gasteiger partial charge >= 0.3 is 6.03 Å². The average molecular weight is 354 g/mol. The molecule has 0 spiro atoms. The van der Waals surface area contributed by atoms with Crippen LogP contribution >= 0.6 is 0 Å². The lowest BCUT2D eigenvalue weighted by Crippen LogP contribution is -2.40. The summed E-state index contributed by atoms with van der Waals surface area (Å²) in [4.78, 5) is 27.6. The molecule has 2 aromatic carbocycles. The first-order chi connectivity index (χ1) is 12.5. The lowest BCUT2D eigenvalue weighted by Gasteiger charge is -2.20. The van der Waals surface area contributed by atoms with Crippen molar-refractivity contribution in [1.82, 2.24) is 4.90 Å². The zero-order valence-corrected chi connectivity index (χ0v) is 14.8. The molecule has 0 saturated carbocycles. The number of carbonyl (C=O) groups is 2. The normalized spacial score (nSPS) is 18.3. The van der Waals surface area contributed by atoms with Crippen LogP contribution in [0.5, 0.6) is 5.75 Å². The number of hydrogen-bond donors (Lipinski definition) is 1. The third kappa shape index (κ3) is 3.70. The monoisotopic (exact) mass is 354 g/mol. The molecule has 2 unspecified atom stereocenters. The van der Waals surface area contributed by atoms with Gasteiger partial charge in [-0.05, 0) is 38.1 Å². The van der Waals surface area contributed by atoms with Crippen LogP contribution in [0, 0.1) is 6.92 Å². The number of para-hydroxylation sites is 1. The molecule has 3 amide bonds. The summed E-state index contributed by atoms with van der Waals surface area (Å²) in [5, 5.41) is 10.2. The van der Waals surface area contributed by atoms with E-state index in [9.17, 15) is 14.7 Å². The number of imide groups is 1. The topological polar surface area (TPSA) is 70.1 Å². The standard InChI is InChI=1S/C20H22N2O4/c1-14-8-10-18(11-9-14)26-13-17(23)12-21-19(24)15(2)22(20(21)25)16-6-4-3-5-7-16/h3-11,15,17,23H,12-13H2,1-2H3. The second-order valence-electron chi connectivity index (χ2n) is 6.39. The SMILES string of the molecule is Cc1ccc(OCC(O)CN2C(=O)C(C)N(c3ccccc3)C2=O)cc1. The molecule has 0 aromatic heterocycles. The number of rotatable bonds is 6. The minimum absolute atomic E-state index is 0.000160. The van der Waals surface area contributed by atoms with Crippen LogP contribution in [0.15, 0.2) is 54.6 Å². The van der Waals surface area contributed by atoms with Crippen molar-refractivity contribution in [2.24, 2.45) is 0 Å². The third-order valence-corrected chi connectivity index (χ3v) is 4.34. The molecule has 0 aliphatic carbocycles. The van der Waals surface area contributed by atoms with Gasteiger partial charge in [-0.2, -0.15) is 0 Å². The molecule has 1 N–H and O–H groups in total. The second-order valence-corrected chi connectivity index (χ2v) is 6.39. The minimum Gasteiger partial charge on any atom is -0.491 e. The van der Waals surface area contributed by atoms with Gasteiger partial charge in [0, 0.05) is 5.69 Å². The second kappa shape index (κ2) is 7.58. The molecule has 2 atom stereocenters. The van der Waals surface area contributed by atoms with Gasteiger partial charge in [0.15, 0.2) is 0 Å². The van der Waals surface area contributed by atoms with Crippen LogP contribution in [-0.4, -0.2) is 47.2 Å². The summed E-state index contributed by atoms with van der Waals surface area (Å²) in [7, 11) is 0. The van der Waals surface area contributed by atoms with E-state index in [2.05, 4.69) is 0 Å². The Morgan fingerprint density at radius 2 is 1.73 bits per heavy atom. The molecular weight excluding hydrogens is 332 g/mol. The molecule has 0 radical (unpaired) electrons. The van der Waals surface area contributed by atoms with E-state index in [0.717, 1.165) is 10.5 Å². The number of aliphatic hydroxyl groups is 1. The maximum Gasteiger partial charge on any atom is 0.332 e. The number of hydrogen-bond acceptors (Lipinski definition) is 4. The molecule has 3 rings (SSSR count). The number of benzene rings is 2. The molecule has 1 heterocycles. The maximum atomic E-state index is 12.7. The number of nitrogens with zero attached hydrogens (tertiary/aromatic N) is 2. The largest absolute Gasteiger partial charge is 0.491 e. The smallest absolute Gasteiger partial charge is 0.332 e. The summed E-state index contributed by atoms with van der Waals surface area (Å²) in [5.74, 6) is 0.307. The highest BCUT2D eigenvalue weighted by Crippen LogP contribution is 2.25. The van der Waals surface area contributed by atoms with Crippen molar-refractivity contribution in [3.8, 4) is 5.75 Å².